The van der Waals surface area contributed by atoms with E-state index in [1.54, 1.807) is 7.11 Å². The van der Waals surface area contributed by atoms with Crippen molar-refractivity contribution in [3.63, 3.8) is 0 Å². The molecular weight excluding hydrogens is 222 g/mol. The highest BCUT2D eigenvalue weighted by atomic mass is 35.5. The normalized spacial score (nSPS) is 21.1. The van der Waals surface area contributed by atoms with E-state index in [1.807, 2.05) is 6.07 Å². The van der Waals surface area contributed by atoms with Crippen molar-refractivity contribution in [2.75, 3.05) is 25.1 Å². The van der Waals surface area contributed by atoms with Gasteiger partial charge < -0.3 is 9.64 Å². The van der Waals surface area contributed by atoms with Crippen molar-refractivity contribution < 1.29 is 4.74 Å². The van der Waals surface area contributed by atoms with Crippen LogP contribution in [0.4, 0.5) is 5.69 Å². The first-order chi connectivity index (χ1) is 7.85. The molecule has 1 saturated heterocycles. The number of rotatable bonds is 3. The average molecular weight is 240 g/mol. The minimum atomic E-state index is 0.358. The number of piperidine rings is 1. The summed E-state index contributed by atoms with van der Waals surface area (Å²) in [5, 5.41) is 0. The van der Waals surface area contributed by atoms with Gasteiger partial charge in [0.05, 0.1) is 6.10 Å². The number of ether oxygens (including phenoxy) is 1. The highest BCUT2D eigenvalue weighted by Gasteiger charge is 2.20. The Morgan fingerprint density at radius 3 is 3.00 bits per heavy atom. The van der Waals surface area contributed by atoms with Gasteiger partial charge in [0.15, 0.2) is 0 Å². The standard InChI is InChI=1S/C13H18ClNO/c1-16-12-6-4-8-15(10-12)13-7-3-2-5-11(13)9-14/h2-3,5,7,12H,4,6,8-10H2,1H3. The van der Waals surface area contributed by atoms with Crippen LogP contribution in [0.1, 0.15) is 18.4 Å². The molecule has 0 N–H and O–H groups in total. The molecule has 1 aromatic carbocycles. The molecule has 0 saturated carbocycles. The number of methoxy groups -OCH3 is 1. The summed E-state index contributed by atoms with van der Waals surface area (Å²) in [4.78, 5) is 2.38. The smallest absolute Gasteiger partial charge is 0.0746 e. The quantitative estimate of drug-likeness (QED) is 0.752. The zero-order valence-corrected chi connectivity index (χ0v) is 10.4. The molecule has 16 heavy (non-hydrogen) atoms. The van der Waals surface area contributed by atoms with E-state index in [0.717, 1.165) is 19.5 Å². The topological polar surface area (TPSA) is 12.5 Å². The lowest BCUT2D eigenvalue weighted by Gasteiger charge is -2.34. The zero-order chi connectivity index (χ0) is 11.4. The Hall–Kier alpha value is -0.730. The van der Waals surface area contributed by atoms with Gasteiger partial charge in [-0.25, -0.2) is 0 Å². The maximum atomic E-state index is 5.96. The first-order valence-electron chi connectivity index (χ1n) is 5.76. The first-order valence-corrected chi connectivity index (χ1v) is 6.30. The van der Waals surface area contributed by atoms with Gasteiger partial charge in [-0.2, -0.15) is 0 Å². The molecule has 2 rings (SSSR count). The molecular formula is C13H18ClNO. The molecule has 0 bridgehead atoms. The van der Waals surface area contributed by atoms with Crippen LogP contribution in [0.3, 0.4) is 0 Å². The van der Waals surface area contributed by atoms with E-state index in [9.17, 15) is 0 Å². The minimum absolute atomic E-state index is 0.358. The number of halogens is 1. The molecule has 2 nitrogen and oxygen atoms in total. The van der Waals surface area contributed by atoms with E-state index in [-0.39, 0.29) is 0 Å². The molecule has 0 spiro atoms. The first kappa shape index (κ1) is 11.7. The van der Waals surface area contributed by atoms with Gasteiger partial charge in [-0.3, -0.25) is 0 Å². The van der Waals surface area contributed by atoms with Gasteiger partial charge >= 0.3 is 0 Å². The van der Waals surface area contributed by atoms with E-state index in [0.29, 0.717) is 12.0 Å². The second-order valence-corrected chi connectivity index (χ2v) is 4.48. The van der Waals surface area contributed by atoms with Crippen molar-refractivity contribution in [2.24, 2.45) is 0 Å². The molecule has 0 radical (unpaired) electrons. The van der Waals surface area contributed by atoms with Gasteiger partial charge in [0.1, 0.15) is 0 Å². The van der Waals surface area contributed by atoms with Crippen molar-refractivity contribution in [3.05, 3.63) is 29.8 Å². The molecule has 1 atom stereocenters. The number of hydrogen-bond acceptors (Lipinski definition) is 2. The van der Waals surface area contributed by atoms with Crippen molar-refractivity contribution in [1.82, 2.24) is 0 Å². The summed E-state index contributed by atoms with van der Waals surface area (Å²) in [5.41, 5.74) is 2.47. The van der Waals surface area contributed by atoms with Crippen LogP contribution < -0.4 is 4.90 Å². The number of hydrogen-bond donors (Lipinski definition) is 0. The Labute approximate surface area is 102 Å². The van der Waals surface area contributed by atoms with E-state index < -0.39 is 0 Å². The number of para-hydroxylation sites is 1. The monoisotopic (exact) mass is 239 g/mol. The Morgan fingerprint density at radius 2 is 2.25 bits per heavy atom. The maximum absolute atomic E-state index is 5.96. The molecule has 1 fully saturated rings. The van der Waals surface area contributed by atoms with Crippen molar-refractivity contribution in [3.8, 4) is 0 Å². The predicted molar refractivity (Wildman–Crippen MR) is 68.2 cm³/mol. The van der Waals surface area contributed by atoms with Crippen molar-refractivity contribution in [1.29, 1.82) is 0 Å². The molecule has 1 aliphatic rings. The lowest BCUT2D eigenvalue weighted by atomic mass is 10.1. The van der Waals surface area contributed by atoms with Crippen LogP contribution in [-0.2, 0) is 10.6 Å². The number of nitrogens with zero attached hydrogens (tertiary/aromatic N) is 1. The van der Waals surface area contributed by atoms with Gasteiger partial charge in [0.25, 0.3) is 0 Å². The minimum Gasteiger partial charge on any atom is -0.380 e. The van der Waals surface area contributed by atoms with Gasteiger partial charge in [-0.05, 0) is 24.5 Å². The van der Waals surface area contributed by atoms with Crippen LogP contribution >= 0.6 is 11.6 Å². The average Bonchev–Trinajstić information content (AvgIpc) is 2.38. The highest BCUT2D eigenvalue weighted by Crippen LogP contribution is 2.25. The molecule has 0 aliphatic carbocycles. The second kappa shape index (κ2) is 5.55. The van der Waals surface area contributed by atoms with Gasteiger partial charge in [-0.15, -0.1) is 11.6 Å². The van der Waals surface area contributed by atoms with E-state index in [2.05, 4.69) is 23.1 Å². The number of anilines is 1. The highest BCUT2D eigenvalue weighted by molar-refractivity contribution is 6.17. The Kier molecular flexibility index (Phi) is 4.08. The van der Waals surface area contributed by atoms with Crippen molar-refractivity contribution in [2.45, 2.75) is 24.8 Å². The van der Waals surface area contributed by atoms with Gasteiger partial charge in [0.2, 0.25) is 0 Å². The Balaban J connectivity index is 2.16. The molecule has 3 heteroatoms. The molecule has 0 amide bonds. The summed E-state index contributed by atoms with van der Waals surface area (Å²) in [5.74, 6) is 0.574. The summed E-state index contributed by atoms with van der Waals surface area (Å²) in [6.45, 7) is 2.08. The third kappa shape index (κ3) is 2.50. The van der Waals surface area contributed by atoms with Crippen LogP contribution in [0.2, 0.25) is 0 Å². The molecule has 1 unspecified atom stereocenters. The lowest BCUT2D eigenvalue weighted by Crippen LogP contribution is -2.39. The molecule has 1 aliphatic heterocycles. The summed E-state index contributed by atoms with van der Waals surface area (Å²) in [6, 6.07) is 8.36. The molecule has 0 aromatic heterocycles. The third-order valence-electron chi connectivity index (χ3n) is 3.19. The van der Waals surface area contributed by atoms with Crippen LogP contribution in [0.15, 0.2) is 24.3 Å². The van der Waals surface area contributed by atoms with E-state index >= 15 is 0 Å². The van der Waals surface area contributed by atoms with Crippen LogP contribution in [0.5, 0.6) is 0 Å². The largest absolute Gasteiger partial charge is 0.380 e. The summed E-state index contributed by atoms with van der Waals surface area (Å²) in [6.07, 6.45) is 2.71. The van der Waals surface area contributed by atoms with Gasteiger partial charge in [-0.1, -0.05) is 18.2 Å². The maximum Gasteiger partial charge on any atom is 0.0746 e. The molecule has 1 aromatic rings. The molecule has 88 valence electrons. The Morgan fingerprint density at radius 1 is 1.44 bits per heavy atom. The summed E-state index contributed by atoms with van der Waals surface area (Å²) >= 11 is 5.96. The number of alkyl halides is 1. The molecule has 1 heterocycles. The summed E-state index contributed by atoms with van der Waals surface area (Å²) in [7, 11) is 1.79. The van der Waals surface area contributed by atoms with Crippen LogP contribution in [0.25, 0.3) is 0 Å². The fourth-order valence-corrected chi connectivity index (χ4v) is 2.51. The fourth-order valence-electron chi connectivity index (χ4n) is 2.28. The van der Waals surface area contributed by atoms with Crippen LogP contribution in [-0.4, -0.2) is 26.3 Å². The van der Waals surface area contributed by atoms with E-state index in [1.165, 1.54) is 17.7 Å². The predicted octanol–water partition coefficient (Wildman–Crippen LogP) is 3.04. The van der Waals surface area contributed by atoms with E-state index in [4.69, 9.17) is 16.3 Å². The third-order valence-corrected chi connectivity index (χ3v) is 3.48. The van der Waals surface area contributed by atoms with Crippen LogP contribution in [0, 0.1) is 0 Å². The fraction of sp³-hybridized carbons (Fsp3) is 0.538. The van der Waals surface area contributed by atoms with Gasteiger partial charge in [0, 0.05) is 31.8 Å². The van der Waals surface area contributed by atoms with Crippen molar-refractivity contribution >= 4 is 17.3 Å². The second-order valence-electron chi connectivity index (χ2n) is 4.21. The summed E-state index contributed by atoms with van der Waals surface area (Å²) < 4.78 is 5.44. The SMILES string of the molecule is COC1CCCN(c2ccccc2CCl)C1. The zero-order valence-electron chi connectivity index (χ0n) is 9.66. The number of benzene rings is 1. The lowest BCUT2D eigenvalue weighted by molar-refractivity contribution is 0.0893. The Bertz CT molecular complexity index is 342.